The molecule has 1 saturated heterocycles. The molecule has 1 saturated carbocycles. The first kappa shape index (κ1) is 30.7. The van der Waals surface area contributed by atoms with Crippen LogP contribution in [0.3, 0.4) is 0 Å². The smallest absolute Gasteiger partial charge is 0.369 e. The van der Waals surface area contributed by atoms with Gasteiger partial charge >= 0.3 is 6.36 Å². The minimum absolute atomic E-state index is 0.242. The third kappa shape index (κ3) is 9.64. The van der Waals surface area contributed by atoms with Crippen molar-refractivity contribution in [1.82, 2.24) is 4.90 Å². The van der Waals surface area contributed by atoms with E-state index in [4.69, 9.17) is 14.2 Å². The topological polar surface area (TPSA) is 40.2 Å². The predicted molar refractivity (Wildman–Crippen MR) is 154 cm³/mol. The molecule has 0 aromatic heterocycles. The SMILES string of the molecule is FC(F)(F)OC1CCC(CN2CC(OCc3ccccc3)C(OCc3ccccc3)C(OCc3ccccc3)C2)CC1. The maximum absolute atomic E-state index is 12.7. The van der Waals surface area contributed by atoms with Gasteiger partial charge in [-0.2, -0.15) is 0 Å². The summed E-state index contributed by atoms with van der Waals surface area (Å²) in [6.07, 6.45) is -3.85. The molecule has 1 heterocycles. The zero-order valence-electron chi connectivity index (χ0n) is 23.8. The van der Waals surface area contributed by atoms with Crippen LogP contribution >= 0.6 is 0 Å². The average Bonchev–Trinajstić information content (AvgIpc) is 3.00. The number of rotatable bonds is 12. The van der Waals surface area contributed by atoms with E-state index in [1.54, 1.807) is 0 Å². The van der Waals surface area contributed by atoms with Gasteiger partial charge in [-0.05, 0) is 48.3 Å². The number of benzene rings is 3. The average molecular weight is 584 g/mol. The van der Waals surface area contributed by atoms with Crippen LogP contribution in [0.2, 0.25) is 0 Å². The van der Waals surface area contributed by atoms with Crippen LogP contribution in [0, 0.1) is 5.92 Å². The van der Waals surface area contributed by atoms with Crippen LogP contribution in [-0.2, 0) is 38.8 Å². The van der Waals surface area contributed by atoms with E-state index >= 15 is 0 Å². The van der Waals surface area contributed by atoms with Gasteiger partial charge in [0, 0.05) is 19.6 Å². The highest BCUT2D eigenvalue weighted by atomic mass is 19.4. The highest BCUT2D eigenvalue weighted by Crippen LogP contribution is 2.32. The van der Waals surface area contributed by atoms with E-state index in [0.29, 0.717) is 64.5 Å². The summed E-state index contributed by atoms with van der Waals surface area (Å²) in [5.74, 6) is 0.296. The van der Waals surface area contributed by atoms with Crippen molar-refractivity contribution in [1.29, 1.82) is 0 Å². The molecule has 2 aliphatic rings. The summed E-state index contributed by atoms with van der Waals surface area (Å²) in [4.78, 5) is 2.35. The van der Waals surface area contributed by atoms with Gasteiger partial charge in [-0.25, -0.2) is 0 Å². The maximum atomic E-state index is 12.7. The summed E-state index contributed by atoms with van der Waals surface area (Å²) in [6.45, 7) is 3.46. The van der Waals surface area contributed by atoms with E-state index in [9.17, 15) is 13.2 Å². The van der Waals surface area contributed by atoms with Crippen molar-refractivity contribution in [3.05, 3.63) is 108 Å². The molecule has 42 heavy (non-hydrogen) atoms. The van der Waals surface area contributed by atoms with Gasteiger partial charge in [0.05, 0.1) is 38.1 Å². The van der Waals surface area contributed by atoms with Crippen LogP contribution in [0.25, 0.3) is 0 Å². The minimum atomic E-state index is -4.58. The second-order valence-corrected chi connectivity index (χ2v) is 11.4. The quantitative estimate of drug-likeness (QED) is 0.226. The second kappa shape index (κ2) is 15.1. The van der Waals surface area contributed by atoms with Gasteiger partial charge in [0.2, 0.25) is 0 Å². The molecule has 3 aromatic rings. The van der Waals surface area contributed by atoms with Gasteiger partial charge < -0.3 is 14.2 Å². The lowest BCUT2D eigenvalue weighted by Crippen LogP contribution is -2.58. The van der Waals surface area contributed by atoms with E-state index in [2.05, 4.69) is 9.64 Å². The molecular weight excluding hydrogens is 543 g/mol. The molecule has 0 bridgehead atoms. The van der Waals surface area contributed by atoms with Gasteiger partial charge in [0.25, 0.3) is 0 Å². The first-order chi connectivity index (χ1) is 20.4. The molecule has 3 aromatic carbocycles. The Hall–Kier alpha value is -2.75. The Kier molecular flexibility index (Phi) is 11.1. The Labute approximate surface area is 246 Å². The summed E-state index contributed by atoms with van der Waals surface area (Å²) >= 11 is 0. The zero-order valence-corrected chi connectivity index (χ0v) is 23.8. The second-order valence-electron chi connectivity index (χ2n) is 11.4. The molecule has 0 radical (unpaired) electrons. The Morgan fingerprint density at radius 3 is 1.45 bits per heavy atom. The molecule has 226 valence electrons. The number of likely N-dealkylation sites (tertiary alicyclic amines) is 1. The highest BCUT2D eigenvalue weighted by molar-refractivity contribution is 5.15. The molecule has 0 spiro atoms. The standard InChI is InChI=1S/C34H40F3NO4/c35-34(36,37)42-30-18-16-26(17-19-30)20-38-21-31(39-23-27-10-4-1-5-11-27)33(41-25-29-14-8-3-9-15-29)32(22-38)40-24-28-12-6-2-7-13-28/h1-15,26,30-33H,16-25H2. The van der Waals surface area contributed by atoms with Crippen molar-refractivity contribution >= 4 is 0 Å². The molecule has 0 N–H and O–H groups in total. The Morgan fingerprint density at radius 1 is 0.595 bits per heavy atom. The predicted octanol–water partition coefficient (Wildman–Crippen LogP) is 7.15. The zero-order chi connectivity index (χ0) is 29.2. The molecule has 2 fully saturated rings. The molecule has 5 nitrogen and oxygen atoms in total. The molecule has 0 amide bonds. The minimum Gasteiger partial charge on any atom is -0.369 e. The summed E-state index contributed by atoms with van der Waals surface area (Å²) in [5, 5.41) is 0. The number of alkyl halides is 3. The number of hydrogen-bond donors (Lipinski definition) is 0. The fourth-order valence-electron chi connectivity index (χ4n) is 6.00. The normalized spacial score (nSPS) is 25.4. The van der Waals surface area contributed by atoms with Crippen LogP contribution in [0.4, 0.5) is 13.2 Å². The third-order valence-electron chi connectivity index (χ3n) is 8.12. The number of hydrogen-bond acceptors (Lipinski definition) is 5. The molecule has 8 heteroatoms. The lowest BCUT2D eigenvalue weighted by atomic mass is 9.86. The Bertz CT molecular complexity index is 1120. The van der Waals surface area contributed by atoms with E-state index in [1.165, 1.54) is 0 Å². The monoisotopic (exact) mass is 583 g/mol. The molecule has 1 aliphatic carbocycles. The fraction of sp³-hybridized carbons (Fsp3) is 0.471. The third-order valence-corrected chi connectivity index (χ3v) is 8.12. The van der Waals surface area contributed by atoms with Gasteiger partial charge in [0.1, 0.15) is 6.10 Å². The maximum Gasteiger partial charge on any atom is 0.522 e. The number of piperidine rings is 1. The van der Waals surface area contributed by atoms with Crippen LogP contribution in [0.15, 0.2) is 91.0 Å². The number of halogens is 3. The molecule has 5 rings (SSSR count). The van der Waals surface area contributed by atoms with Crippen molar-refractivity contribution in [3.8, 4) is 0 Å². The highest BCUT2D eigenvalue weighted by Gasteiger charge is 2.41. The summed E-state index contributed by atoms with van der Waals surface area (Å²) in [5.41, 5.74) is 3.25. The van der Waals surface area contributed by atoms with Crippen LogP contribution in [-0.4, -0.2) is 55.3 Å². The molecular formula is C34H40F3NO4. The summed E-state index contributed by atoms with van der Waals surface area (Å²) in [7, 11) is 0. The summed E-state index contributed by atoms with van der Waals surface area (Å²) < 4.78 is 62.2. The van der Waals surface area contributed by atoms with E-state index in [1.807, 2.05) is 91.0 Å². The van der Waals surface area contributed by atoms with E-state index in [0.717, 1.165) is 23.2 Å². The number of nitrogens with zero attached hydrogens (tertiary/aromatic N) is 1. The van der Waals surface area contributed by atoms with Gasteiger partial charge in [-0.15, -0.1) is 13.2 Å². The van der Waals surface area contributed by atoms with Crippen LogP contribution < -0.4 is 0 Å². The molecule has 2 atom stereocenters. The summed E-state index contributed by atoms with van der Waals surface area (Å²) in [6, 6.07) is 30.3. The fourth-order valence-corrected chi connectivity index (χ4v) is 6.00. The van der Waals surface area contributed by atoms with E-state index < -0.39 is 12.5 Å². The van der Waals surface area contributed by atoms with Gasteiger partial charge in [-0.3, -0.25) is 9.64 Å². The van der Waals surface area contributed by atoms with E-state index in [-0.39, 0.29) is 18.3 Å². The largest absolute Gasteiger partial charge is 0.522 e. The number of ether oxygens (including phenoxy) is 4. The van der Waals surface area contributed by atoms with Crippen molar-refractivity contribution in [2.75, 3.05) is 19.6 Å². The van der Waals surface area contributed by atoms with Crippen LogP contribution in [0.1, 0.15) is 42.4 Å². The van der Waals surface area contributed by atoms with Crippen molar-refractivity contribution in [3.63, 3.8) is 0 Å². The van der Waals surface area contributed by atoms with Crippen LogP contribution in [0.5, 0.6) is 0 Å². The lowest BCUT2D eigenvalue weighted by Gasteiger charge is -2.44. The van der Waals surface area contributed by atoms with Crippen molar-refractivity contribution in [2.24, 2.45) is 5.92 Å². The Morgan fingerprint density at radius 2 is 1.02 bits per heavy atom. The van der Waals surface area contributed by atoms with Gasteiger partial charge in [-0.1, -0.05) is 91.0 Å². The van der Waals surface area contributed by atoms with Crippen molar-refractivity contribution in [2.45, 2.75) is 76.3 Å². The first-order valence-corrected chi connectivity index (χ1v) is 14.8. The molecule has 2 unspecified atom stereocenters. The van der Waals surface area contributed by atoms with Gasteiger partial charge in [0.15, 0.2) is 0 Å². The first-order valence-electron chi connectivity index (χ1n) is 14.8. The molecule has 1 aliphatic heterocycles. The lowest BCUT2D eigenvalue weighted by molar-refractivity contribution is -0.345. The van der Waals surface area contributed by atoms with Crippen molar-refractivity contribution < 1.29 is 32.1 Å². The Balaban J connectivity index is 1.29.